The van der Waals surface area contributed by atoms with E-state index in [0.717, 1.165) is 5.69 Å². The van der Waals surface area contributed by atoms with Crippen LogP contribution in [-0.4, -0.2) is 17.3 Å². The van der Waals surface area contributed by atoms with Crippen LogP contribution >= 0.6 is 0 Å². The van der Waals surface area contributed by atoms with Crippen molar-refractivity contribution in [1.29, 1.82) is 0 Å². The molecule has 0 fully saturated rings. The summed E-state index contributed by atoms with van der Waals surface area (Å²) >= 11 is 0. The summed E-state index contributed by atoms with van der Waals surface area (Å²) in [7, 11) is 0. The summed E-state index contributed by atoms with van der Waals surface area (Å²) in [6.07, 6.45) is 4.43. The molecule has 2 aromatic rings. The van der Waals surface area contributed by atoms with E-state index >= 15 is 0 Å². The molecule has 124 valence electrons. The van der Waals surface area contributed by atoms with E-state index in [1.165, 1.54) is 11.1 Å². The minimum Gasteiger partial charge on any atom is -0.298 e. The lowest BCUT2D eigenvalue weighted by atomic mass is 9.92. The van der Waals surface area contributed by atoms with E-state index < -0.39 is 0 Å². The van der Waals surface area contributed by atoms with Gasteiger partial charge in [-0.1, -0.05) is 54.1 Å². The van der Waals surface area contributed by atoms with Crippen molar-refractivity contribution in [3.05, 3.63) is 78.0 Å². The van der Waals surface area contributed by atoms with Gasteiger partial charge in [0.2, 0.25) is 0 Å². The molecule has 0 spiro atoms. The molecule has 0 amide bonds. The van der Waals surface area contributed by atoms with Crippen molar-refractivity contribution in [3.8, 4) is 0 Å². The van der Waals surface area contributed by atoms with Crippen LogP contribution in [0, 0.1) is 6.92 Å². The summed E-state index contributed by atoms with van der Waals surface area (Å²) in [5.41, 5.74) is 3.18. The monoisotopic (exact) mass is 320 g/mol. The van der Waals surface area contributed by atoms with Gasteiger partial charge in [-0.15, -0.1) is 0 Å². The van der Waals surface area contributed by atoms with Crippen molar-refractivity contribution in [2.24, 2.45) is 0 Å². The van der Waals surface area contributed by atoms with Gasteiger partial charge in [0, 0.05) is 12.6 Å². The van der Waals surface area contributed by atoms with Gasteiger partial charge in [0.1, 0.15) is 0 Å². The first-order chi connectivity index (χ1) is 11.5. The Hall–Kier alpha value is -2.39. The molecule has 0 unspecified atom stereocenters. The third-order valence-corrected chi connectivity index (χ3v) is 4.60. The van der Waals surface area contributed by atoms with Crippen molar-refractivity contribution in [2.45, 2.75) is 32.7 Å². The summed E-state index contributed by atoms with van der Waals surface area (Å²) in [4.78, 5) is 12.3. The lowest BCUT2D eigenvalue weighted by Gasteiger charge is -2.44. The molecule has 0 N–H and O–H groups in total. The highest BCUT2D eigenvalue weighted by molar-refractivity contribution is 5.83. The standard InChI is InChI=1S/C21H24N2O/c1-17-11-13-18(14-12-17)21(2,3)23-16-20(24)10-7-15-22(23)19-8-5-4-6-9-19/h4-9,11-15H,10,16H2,1-3H3. The van der Waals surface area contributed by atoms with Gasteiger partial charge in [-0.05, 0) is 38.5 Å². The molecule has 0 aliphatic carbocycles. The number of benzene rings is 2. The highest BCUT2D eigenvalue weighted by Gasteiger charge is 2.35. The number of hydrazine groups is 1. The molecule has 0 saturated heterocycles. The topological polar surface area (TPSA) is 23.6 Å². The SMILES string of the molecule is Cc1ccc(C(C)(C)N2CC(=O)CC=CN2c2ccccc2)cc1. The average Bonchev–Trinajstić information content (AvgIpc) is 2.78. The van der Waals surface area contributed by atoms with Gasteiger partial charge in [0.05, 0.1) is 17.8 Å². The van der Waals surface area contributed by atoms with Crippen LogP contribution in [0.1, 0.15) is 31.4 Å². The fourth-order valence-corrected chi connectivity index (χ4v) is 3.06. The lowest BCUT2D eigenvalue weighted by molar-refractivity contribution is -0.120. The van der Waals surface area contributed by atoms with Crippen molar-refractivity contribution in [3.63, 3.8) is 0 Å². The molecule has 0 saturated carbocycles. The maximum Gasteiger partial charge on any atom is 0.152 e. The number of rotatable bonds is 3. The van der Waals surface area contributed by atoms with Gasteiger partial charge in [-0.25, -0.2) is 0 Å². The van der Waals surface area contributed by atoms with Crippen LogP contribution in [0.25, 0.3) is 0 Å². The van der Waals surface area contributed by atoms with Gasteiger partial charge in [0.25, 0.3) is 0 Å². The Labute approximate surface area is 144 Å². The number of carbonyl (C=O) groups excluding carboxylic acids is 1. The van der Waals surface area contributed by atoms with E-state index in [1.807, 2.05) is 30.5 Å². The molecule has 1 heterocycles. The number of ketones is 1. The number of carbonyl (C=O) groups is 1. The smallest absolute Gasteiger partial charge is 0.152 e. The molecule has 0 aromatic heterocycles. The number of allylic oxidation sites excluding steroid dienone is 1. The van der Waals surface area contributed by atoms with Crippen LogP contribution in [-0.2, 0) is 10.3 Å². The molecule has 1 aliphatic heterocycles. The van der Waals surface area contributed by atoms with Crippen molar-refractivity contribution < 1.29 is 4.79 Å². The van der Waals surface area contributed by atoms with E-state index in [2.05, 4.69) is 67.2 Å². The van der Waals surface area contributed by atoms with E-state index in [9.17, 15) is 4.79 Å². The quantitative estimate of drug-likeness (QED) is 0.835. The van der Waals surface area contributed by atoms with Crippen LogP contribution < -0.4 is 5.01 Å². The molecular weight excluding hydrogens is 296 g/mol. The average molecular weight is 320 g/mol. The molecule has 3 nitrogen and oxygen atoms in total. The Morgan fingerprint density at radius 2 is 1.62 bits per heavy atom. The van der Waals surface area contributed by atoms with Crippen molar-refractivity contribution >= 4 is 11.5 Å². The van der Waals surface area contributed by atoms with Gasteiger partial charge in [0.15, 0.2) is 5.78 Å². The Morgan fingerprint density at radius 1 is 0.958 bits per heavy atom. The number of para-hydroxylation sites is 1. The fraction of sp³-hybridized carbons (Fsp3) is 0.286. The predicted octanol–water partition coefficient (Wildman–Crippen LogP) is 4.44. The van der Waals surface area contributed by atoms with Crippen LogP contribution in [0.15, 0.2) is 66.9 Å². The van der Waals surface area contributed by atoms with E-state index in [1.54, 1.807) is 0 Å². The molecular formula is C21H24N2O. The third-order valence-electron chi connectivity index (χ3n) is 4.60. The number of hydrogen-bond acceptors (Lipinski definition) is 3. The predicted molar refractivity (Wildman–Crippen MR) is 98.6 cm³/mol. The van der Waals surface area contributed by atoms with Gasteiger partial charge >= 0.3 is 0 Å². The molecule has 0 radical (unpaired) electrons. The molecule has 2 aromatic carbocycles. The van der Waals surface area contributed by atoms with Gasteiger partial charge in [-0.3, -0.25) is 9.80 Å². The lowest BCUT2D eigenvalue weighted by Crippen LogP contribution is -2.52. The second-order valence-electron chi connectivity index (χ2n) is 6.79. The summed E-state index contributed by atoms with van der Waals surface area (Å²) in [5.74, 6) is 0.227. The zero-order chi connectivity index (χ0) is 17.2. The Kier molecular flexibility index (Phi) is 4.54. The highest BCUT2D eigenvalue weighted by atomic mass is 16.1. The minimum absolute atomic E-state index is 0.227. The summed E-state index contributed by atoms with van der Waals surface area (Å²) < 4.78 is 0. The van der Waals surface area contributed by atoms with Crippen LogP contribution in [0.5, 0.6) is 0 Å². The summed E-state index contributed by atoms with van der Waals surface area (Å²) in [5, 5.41) is 4.25. The van der Waals surface area contributed by atoms with Crippen LogP contribution in [0.2, 0.25) is 0 Å². The maximum atomic E-state index is 12.3. The number of aryl methyl sites for hydroxylation is 1. The summed E-state index contributed by atoms with van der Waals surface area (Å²) in [6, 6.07) is 18.7. The Morgan fingerprint density at radius 3 is 2.29 bits per heavy atom. The highest BCUT2D eigenvalue weighted by Crippen LogP contribution is 2.33. The van der Waals surface area contributed by atoms with Gasteiger partial charge in [-0.2, -0.15) is 5.01 Å². The Balaban J connectivity index is 2.04. The minimum atomic E-state index is -0.312. The van der Waals surface area contributed by atoms with E-state index in [0.29, 0.717) is 13.0 Å². The van der Waals surface area contributed by atoms with Crippen molar-refractivity contribution in [2.75, 3.05) is 11.6 Å². The molecule has 0 bridgehead atoms. The number of hydrogen-bond donors (Lipinski definition) is 0. The third kappa shape index (κ3) is 3.26. The second kappa shape index (κ2) is 6.62. The number of Topliss-reactive ketones (excluding diaryl/α,β-unsaturated/α-hetero) is 1. The second-order valence-corrected chi connectivity index (χ2v) is 6.79. The molecule has 3 heteroatoms. The normalized spacial score (nSPS) is 16.3. The van der Waals surface area contributed by atoms with E-state index in [-0.39, 0.29) is 11.3 Å². The largest absolute Gasteiger partial charge is 0.298 e. The zero-order valence-electron chi connectivity index (χ0n) is 14.6. The van der Waals surface area contributed by atoms with Crippen LogP contribution in [0.4, 0.5) is 5.69 Å². The number of anilines is 1. The first-order valence-electron chi connectivity index (χ1n) is 8.36. The fourth-order valence-electron chi connectivity index (χ4n) is 3.06. The van der Waals surface area contributed by atoms with Crippen LogP contribution in [0.3, 0.4) is 0 Å². The molecule has 1 aliphatic rings. The molecule has 3 rings (SSSR count). The van der Waals surface area contributed by atoms with Gasteiger partial charge < -0.3 is 0 Å². The van der Waals surface area contributed by atoms with E-state index in [4.69, 9.17) is 0 Å². The zero-order valence-corrected chi connectivity index (χ0v) is 14.6. The Bertz CT molecular complexity index is 732. The first kappa shape index (κ1) is 16.5. The first-order valence-corrected chi connectivity index (χ1v) is 8.36. The maximum absolute atomic E-state index is 12.3. The van der Waals surface area contributed by atoms with Crippen molar-refractivity contribution in [1.82, 2.24) is 5.01 Å². The molecule has 24 heavy (non-hydrogen) atoms. The molecule has 0 atom stereocenters. The summed E-state index contributed by atoms with van der Waals surface area (Å²) in [6.45, 7) is 6.81. The number of nitrogens with zero attached hydrogens (tertiary/aromatic N) is 2.